The number of nitrogens with one attached hydrogen (secondary N) is 2. The zero-order valence-electron chi connectivity index (χ0n) is 16.7. The Kier molecular flexibility index (Phi) is 7.32. The lowest BCUT2D eigenvalue weighted by molar-refractivity contribution is 0.0939. The molecule has 6 heteroatoms. The van der Waals surface area contributed by atoms with Crippen LogP contribution in [0.5, 0.6) is 0 Å². The van der Waals surface area contributed by atoms with Crippen molar-refractivity contribution in [2.75, 3.05) is 0 Å². The first-order valence-corrected chi connectivity index (χ1v) is 9.81. The van der Waals surface area contributed by atoms with Gasteiger partial charge in [-0.2, -0.15) is 0 Å². The van der Waals surface area contributed by atoms with Crippen LogP contribution >= 0.6 is 0 Å². The van der Waals surface area contributed by atoms with Gasteiger partial charge in [0.15, 0.2) is 0 Å². The van der Waals surface area contributed by atoms with Gasteiger partial charge in [0.05, 0.1) is 0 Å². The summed E-state index contributed by atoms with van der Waals surface area (Å²) in [5.74, 6) is -0.380. The third kappa shape index (κ3) is 5.76. The number of rotatable bonds is 8. The predicted molar refractivity (Wildman–Crippen MR) is 117 cm³/mol. The van der Waals surface area contributed by atoms with Crippen molar-refractivity contribution in [2.45, 2.75) is 26.2 Å². The van der Waals surface area contributed by atoms with E-state index in [0.29, 0.717) is 37.3 Å². The summed E-state index contributed by atoms with van der Waals surface area (Å²) in [5.41, 5.74) is 16.3. The molecule has 0 unspecified atom stereocenters. The van der Waals surface area contributed by atoms with Gasteiger partial charge in [0.1, 0.15) is 0 Å². The maximum Gasteiger partial charge on any atom is 0.251 e. The van der Waals surface area contributed by atoms with Crippen LogP contribution in [-0.4, -0.2) is 11.8 Å². The van der Waals surface area contributed by atoms with Crippen molar-refractivity contribution in [3.63, 3.8) is 0 Å². The highest BCUT2D eigenvalue weighted by atomic mass is 16.2. The van der Waals surface area contributed by atoms with Crippen LogP contribution in [0.2, 0.25) is 0 Å². The summed E-state index contributed by atoms with van der Waals surface area (Å²) in [5, 5.41) is 5.76. The highest BCUT2D eigenvalue weighted by Gasteiger charge is 2.09. The quantitative estimate of drug-likeness (QED) is 0.464. The van der Waals surface area contributed by atoms with Crippen molar-refractivity contribution in [3.8, 4) is 0 Å². The fraction of sp³-hybridized carbons (Fsp3) is 0.167. The largest absolute Gasteiger partial charge is 0.348 e. The first kappa shape index (κ1) is 21.2. The second-order valence-corrected chi connectivity index (χ2v) is 6.98. The molecule has 6 N–H and O–H groups in total. The molecular weight excluding hydrogens is 376 g/mol. The zero-order valence-corrected chi connectivity index (χ0v) is 16.7. The van der Waals surface area contributed by atoms with Crippen LogP contribution in [0, 0.1) is 0 Å². The third-order valence-electron chi connectivity index (χ3n) is 4.83. The Balaban J connectivity index is 1.51. The average Bonchev–Trinajstić information content (AvgIpc) is 2.81. The smallest absolute Gasteiger partial charge is 0.251 e. The monoisotopic (exact) mass is 402 g/mol. The van der Waals surface area contributed by atoms with Gasteiger partial charge in [0, 0.05) is 37.3 Å². The van der Waals surface area contributed by atoms with Crippen molar-refractivity contribution in [1.29, 1.82) is 0 Å². The fourth-order valence-electron chi connectivity index (χ4n) is 2.93. The van der Waals surface area contributed by atoms with Gasteiger partial charge in [-0.15, -0.1) is 0 Å². The molecule has 0 bridgehead atoms. The van der Waals surface area contributed by atoms with E-state index in [-0.39, 0.29) is 11.8 Å². The average molecular weight is 402 g/mol. The molecule has 0 radical (unpaired) electrons. The number of carbonyl (C=O) groups excluding carboxylic acids is 2. The van der Waals surface area contributed by atoms with Gasteiger partial charge in [-0.05, 0) is 46.5 Å². The predicted octanol–water partition coefficient (Wildman–Crippen LogP) is 2.46. The third-order valence-corrected chi connectivity index (χ3v) is 4.83. The summed E-state index contributed by atoms with van der Waals surface area (Å²) in [7, 11) is 0. The molecule has 154 valence electrons. The molecule has 3 aromatic carbocycles. The maximum atomic E-state index is 12.3. The van der Waals surface area contributed by atoms with Crippen LogP contribution in [0.4, 0.5) is 0 Å². The van der Waals surface area contributed by atoms with Gasteiger partial charge in [-0.3, -0.25) is 9.59 Å². The van der Waals surface area contributed by atoms with Crippen LogP contribution in [-0.2, 0) is 26.2 Å². The van der Waals surface area contributed by atoms with Gasteiger partial charge in [-0.25, -0.2) is 0 Å². The standard InChI is InChI=1S/C24H26N4O2/c25-13-17-1-5-19(6-2-17)15-27-23(29)21-9-11-22(12-10-21)24(30)28-16-20-7-3-18(14-26)4-8-20/h1-12H,13-16,25-26H2,(H,27,29)(H,28,30). The Morgan fingerprint density at radius 1 is 0.533 bits per heavy atom. The Bertz CT molecular complexity index is 899. The van der Waals surface area contributed by atoms with Crippen LogP contribution in [0.1, 0.15) is 43.0 Å². The highest BCUT2D eigenvalue weighted by molar-refractivity contribution is 5.97. The minimum Gasteiger partial charge on any atom is -0.348 e. The number of amides is 2. The molecule has 30 heavy (non-hydrogen) atoms. The number of nitrogens with two attached hydrogens (primary N) is 2. The summed E-state index contributed by atoms with van der Waals surface area (Å²) in [6.45, 7) is 1.84. The van der Waals surface area contributed by atoms with E-state index in [4.69, 9.17) is 11.5 Å². The highest BCUT2D eigenvalue weighted by Crippen LogP contribution is 2.08. The van der Waals surface area contributed by atoms with E-state index in [1.54, 1.807) is 24.3 Å². The van der Waals surface area contributed by atoms with Gasteiger partial charge in [0.25, 0.3) is 11.8 Å². The zero-order chi connectivity index (χ0) is 21.3. The topological polar surface area (TPSA) is 110 Å². The second kappa shape index (κ2) is 10.3. The summed E-state index contributed by atoms with van der Waals surface area (Å²) in [6, 6.07) is 22.2. The molecule has 0 spiro atoms. The minimum atomic E-state index is -0.190. The van der Waals surface area contributed by atoms with Gasteiger partial charge >= 0.3 is 0 Å². The maximum absolute atomic E-state index is 12.3. The molecule has 0 saturated heterocycles. The van der Waals surface area contributed by atoms with Gasteiger partial charge in [-0.1, -0.05) is 48.5 Å². The Labute approximate surface area is 176 Å². The lowest BCUT2D eigenvalue weighted by Crippen LogP contribution is -2.24. The Morgan fingerprint density at radius 3 is 1.13 bits per heavy atom. The van der Waals surface area contributed by atoms with Gasteiger partial charge < -0.3 is 22.1 Å². The Hall–Kier alpha value is -3.48. The lowest BCUT2D eigenvalue weighted by Gasteiger charge is -2.08. The van der Waals surface area contributed by atoms with E-state index in [1.165, 1.54) is 0 Å². The molecule has 3 aromatic rings. The number of carbonyl (C=O) groups is 2. The fourth-order valence-corrected chi connectivity index (χ4v) is 2.93. The summed E-state index contributed by atoms with van der Waals surface area (Å²) in [4.78, 5) is 24.7. The van der Waals surface area contributed by atoms with Crippen LogP contribution in [0.25, 0.3) is 0 Å². The number of benzene rings is 3. The second-order valence-electron chi connectivity index (χ2n) is 6.98. The molecule has 6 nitrogen and oxygen atoms in total. The molecule has 2 amide bonds. The van der Waals surface area contributed by atoms with Crippen LogP contribution in [0.15, 0.2) is 72.8 Å². The van der Waals surface area contributed by atoms with E-state index in [1.807, 2.05) is 48.5 Å². The molecule has 0 heterocycles. The van der Waals surface area contributed by atoms with E-state index in [0.717, 1.165) is 22.3 Å². The molecule has 0 atom stereocenters. The molecular formula is C24H26N4O2. The number of hydrogen-bond donors (Lipinski definition) is 4. The molecule has 0 saturated carbocycles. The van der Waals surface area contributed by atoms with Crippen molar-refractivity contribution in [2.24, 2.45) is 11.5 Å². The summed E-state index contributed by atoms with van der Waals surface area (Å²) >= 11 is 0. The molecule has 0 aromatic heterocycles. The van der Waals surface area contributed by atoms with E-state index in [2.05, 4.69) is 10.6 Å². The molecule has 0 aliphatic carbocycles. The lowest BCUT2D eigenvalue weighted by atomic mass is 10.1. The summed E-state index contributed by atoms with van der Waals surface area (Å²) < 4.78 is 0. The molecule has 0 aliphatic heterocycles. The van der Waals surface area contributed by atoms with Crippen molar-refractivity contribution >= 4 is 11.8 Å². The molecule has 0 fully saturated rings. The van der Waals surface area contributed by atoms with E-state index < -0.39 is 0 Å². The first-order valence-electron chi connectivity index (χ1n) is 9.81. The molecule has 0 aliphatic rings. The van der Waals surface area contributed by atoms with E-state index >= 15 is 0 Å². The number of hydrogen-bond acceptors (Lipinski definition) is 4. The van der Waals surface area contributed by atoms with E-state index in [9.17, 15) is 9.59 Å². The van der Waals surface area contributed by atoms with Crippen molar-refractivity contribution in [1.82, 2.24) is 10.6 Å². The van der Waals surface area contributed by atoms with Crippen molar-refractivity contribution in [3.05, 3.63) is 106 Å². The SMILES string of the molecule is NCc1ccc(CNC(=O)c2ccc(C(=O)NCc3ccc(CN)cc3)cc2)cc1. The van der Waals surface area contributed by atoms with Gasteiger partial charge in [0.2, 0.25) is 0 Å². The van der Waals surface area contributed by atoms with Crippen molar-refractivity contribution < 1.29 is 9.59 Å². The first-order chi connectivity index (χ1) is 14.6. The normalized spacial score (nSPS) is 10.5. The summed E-state index contributed by atoms with van der Waals surface area (Å²) in [6.07, 6.45) is 0. The molecule has 3 rings (SSSR count). The Morgan fingerprint density at radius 2 is 0.833 bits per heavy atom. The van der Waals surface area contributed by atoms with Crippen LogP contribution in [0.3, 0.4) is 0 Å². The minimum absolute atomic E-state index is 0.190. The van der Waals surface area contributed by atoms with Crippen LogP contribution < -0.4 is 22.1 Å².